The van der Waals surface area contributed by atoms with E-state index in [-0.39, 0.29) is 5.91 Å². The van der Waals surface area contributed by atoms with Crippen molar-refractivity contribution in [1.82, 2.24) is 9.88 Å². The van der Waals surface area contributed by atoms with Crippen LogP contribution in [0.1, 0.15) is 30.7 Å². The summed E-state index contributed by atoms with van der Waals surface area (Å²) in [6, 6.07) is 15.9. The third kappa shape index (κ3) is 3.84. The van der Waals surface area contributed by atoms with Crippen molar-refractivity contribution in [3.05, 3.63) is 60.3 Å². The molecule has 0 radical (unpaired) electrons. The van der Waals surface area contributed by atoms with Gasteiger partial charge in [-0.15, -0.1) is 0 Å². The first-order valence-electron chi connectivity index (χ1n) is 9.86. The number of benzene rings is 2. The number of hydrogen-bond donors (Lipinski definition) is 1. The van der Waals surface area contributed by atoms with E-state index in [1.165, 1.54) is 16.5 Å². The van der Waals surface area contributed by atoms with Crippen LogP contribution in [0, 0.1) is 0 Å². The Balaban J connectivity index is 1.28. The Bertz CT molecular complexity index is 942. The smallest absolute Gasteiger partial charge is 0.225 e. The third-order valence-electron chi connectivity index (χ3n) is 5.55. The van der Waals surface area contributed by atoms with E-state index in [1.54, 1.807) is 7.11 Å². The molecule has 1 amide bonds. The lowest BCUT2D eigenvalue weighted by Crippen LogP contribution is -2.38. The zero-order valence-corrected chi connectivity index (χ0v) is 16.2. The number of nitrogens with one attached hydrogen (secondary N) is 1. The highest BCUT2D eigenvalue weighted by molar-refractivity contribution is 5.83. The highest BCUT2D eigenvalue weighted by Gasteiger charge is 2.25. The Morgan fingerprint density at radius 1 is 1.07 bits per heavy atom. The minimum atomic E-state index is 0.160. The van der Waals surface area contributed by atoms with Gasteiger partial charge in [-0.3, -0.25) is 4.79 Å². The van der Waals surface area contributed by atoms with E-state index in [0.29, 0.717) is 30.4 Å². The topological polar surface area (TPSA) is 54.6 Å². The van der Waals surface area contributed by atoms with Crippen molar-refractivity contribution >= 4 is 16.8 Å². The highest BCUT2D eigenvalue weighted by Crippen LogP contribution is 2.33. The number of carbonyl (C=O) groups is 1. The second-order valence-electron chi connectivity index (χ2n) is 7.19. The molecule has 1 N–H and O–H groups in total. The molecule has 0 spiro atoms. The van der Waals surface area contributed by atoms with E-state index >= 15 is 0 Å². The number of hydrogen-bond acceptors (Lipinski definition) is 3. The number of H-pyrrole nitrogens is 1. The van der Waals surface area contributed by atoms with E-state index < -0.39 is 0 Å². The van der Waals surface area contributed by atoms with Crippen molar-refractivity contribution in [3.8, 4) is 11.5 Å². The van der Waals surface area contributed by atoms with Crippen LogP contribution in [0.15, 0.2) is 54.7 Å². The van der Waals surface area contributed by atoms with Gasteiger partial charge in [-0.25, -0.2) is 0 Å². The fraction of sp³-hybridized carbons (Fsp3) is 0.348. The Labute approximate surface area is 165 Å². The SMILES string of the molecule is COc1ccccc1OCCC(=O)N1CCC(c2c[nH]c3ccccc23)CC1. The van der Waals surface area contributed by atoms with Gasteiger partial charge in [-0.1, -0.05) is 30.3 Å². The Morgan fingerprint density at radius 3 is 2.57 bits per heavy atom. The lowest BCUT2D eigenvalue weighted by Gasteiger charge is -2.32. The molecule has 0 aliphatic carbocycles. The average molecular weight is 378 g/mol. The largest absolute Gasteiger partial charge is 0.493 e. The monoisotopic (exact) mass is 378 g/mol. The van der Waals surface area contributed by atoms with Crippen molar-refractivity contribution in [3.63, 3.8) is 0 Å². The first-order valence-corrected chi connectivity index (χ1v) is 9.86. The van der Waals surface area contributed by atoms with E-state index in [9.17, 15) is 4.79 Å². The summed E-state index contributed by atoms with van der Waals surface area (Å²) >= 11 is 0. The Hall–Kier alpha value is -2.95. The summed E-state index contributed by atoms with van der Waals surface area (Å²) in [5, 5.41) is 1.30. The number of ether oxygens (including phenoxy) is 2. The molecule has 1 aromatic heterocycles. The molecule has 5 nitrogen and oxygen atoms in total. The van der Waals surface area contributed by atoms with Crippen molar-refractivity contribution < 1.29 is 14.3 Å². The highest BCUT2D eigenvalue weighted by atomic mass is 16.5. The fourth-order valence-electron chi connectivity index (χ4n) is 4.02. The average Bonchev–Trinajstić information content (AvgIpc) is 3.18. The third-order valence-corrected chi connectivity index (χ3v) is 5.55. The number of nitrogens with zero attached hydrogens (tertiary/aromatic N) is 1. The molecule has 1 fully saturated rings. The van der Waals surface area contributed by atoms with E-state index in [1.807, 2.05) is 29.2 Å². The summed E-state index contributed by atoms with van der Waals surface area (Å²) in [6.45, 7) is 1.97. The molecule has 1 aliphatic heterocycles. The number of fused-ring (bicyclic) bond motifs is 1. The predicted octanol–water partition coefficient (Wildman–Crippen LogP) is 4.35. The van der Waals surface area contributed by atoms with Crippen LogP contribution in [0.4, 0.5) is 0 Å². The molecule has 4 rings (SSSR count). The number of amides is 1. The molecular weight excluding hydrogens is 352 g/mol. The number of carbonyl (C=O) groups excluding carboxylic acids is 1. The molecule has 2 aromatic carbocycles. The van der Waals surface area contributed by atoms with Crippen molar-refractivity contribution in [2.75, 3.05) is 26.8 Å². The molecule has 3 aromatic rings. The van der Waals surface area contributed by atoms with Gasteiger partial charge in [0, 0.05) is 30.2 Å². The summed E-state index contributed by atoms with van der Waals surface area (Å²) in [7, 11) is 1.62. The molecular formula is C23H26N2O3. The van der Waals surface area contributed by atoms with Gasteiger partial charge >= 0.3 is 0 Å². The first kappa shape index (κ1) is 18.4. The van der Waals surface area contributed by atoms with Gasteiger partial charge in [0.2, 0.25) is 5.91 Å². The molecule has 146 valence electrons. The number of likely N-dealkylation sites (tertiary alicyclic amines) is 1. The van der Waals surface area contributed by atoms with Crippen LogP contribution in [0.3, 0.4) is 0 Å². The summed E-state index contributed by atoms with van der Waals surface area (Å²) in [4.78, 5) is 17.9. The van der Waals surface area contributed by atoms with Crippen molar-refractivity contribution in [1.29, 1.82) is 0 Å². The first-order chi connectivity index (χ1) is 13.8. The second-order valence-corrected chi connectivity index (χ2v) is 7.19. The number of piperidine rings is 1. The zero-order valence-electron chi connectivity index (χ0n) is 16.2. The van der Waals surface area contributed by atoms with Gasteiger partial charge in [0.05, 0.1) is 20.1 Å². The van der Waals surface area contributed by atoms with Crippen LogP contribution in [-0.4, -0.2) is 42.6 Å². The zero-order chi connectivity index (χ0) is 19.3. The molecule has 0 atom stereocenters. The lowest BCUT2D eigenvalue weighted by molar-refractivity contribution is -0.132. The molecule has 0 unspecified atom stereocenters. The minimum absolute atomic E-state index is 0.160. The minimum Gasteiger partial charge on any atom is -0.493 e. The van der Waals surface area contributed by atoms with Gasteiger partial charge in [0.25, 0.3) is 0 Å². The fourth-order valence-corrected chi connectivity index (χ4v) is 4.02. The van der Waals surface area contributed by atoms with Gasteiger partial charge < -0.3 is 19.4 Å². The summed E-state index contributed by atoms with van der Waals surface area (Å²) < 4.78 is 11.0. The van der Waals surface area contributed by atoms with Gasteiger partial charge in [0.15, 0.2) is 11.5 Å². The number of rotatable bonds is 6. The quantitative estimate of drug-likeness (QED) is 0.694. The number of aromatic amines is 1. The number of methoxy groups -OCH3 is 1. The van der Waals surface area contributed by atoms with Crippen LogP contribution in [-0.2, 0) is 4.79 Å². The molecule has 0 saturated carbocycles. The summed E-state index contributed by atoms with van der Waals surface area (Å²) in [6.07, 6.45) is 4.52. The predicted molar refractivity (Wildman–Crippen MR) is 110 cm³/mol. The van der Waals surface area contributed by atoms with Crippen molar-refractivity contribution in [2.24, 2.45) is 0 Å². The molecule has 0 bridgehead atoms. The summed E-state index contributed by atoms with van der Waals surface area (Å²) in [5.74, 6) is 2.03. The molecule has 2 heterocycles. The van der Waals surface area contributed by atoms with Crippen LogP contribution < -0.4 is 9.47 Å². The maximum Gasteiger partial charge on any atom is 0.225 e. The van der Waals surface area contributed by atoms with Gasteiger partial charge in [-0.05, 0) is 42.5 Å². The van der Waals surface area contributed by atoms with E-state index in [2.05, 4.69) is 35.4 Å². The maximum absolute atomic E-state index is 12.6. The Morgan fingerprint density at radius 2 is 1.79 bits per heavy atom. The van der Waals surface area contributed by atoms with Crippen molar-refractivity contribution in [2.45, 2.75) is 25.2 Å². The number of aromatic nitrogens is 1. The Kier molecular flexibility index (Phi) is 5.51. The van der Waals surface area contributed by atoms with E-state index in [0.717, 1.165) is 25.9 Å². The van der Waals surface area contributed by atoms with E-state index in [4.69, 9.17) is 9.47 Å². The summed E-state index contributed by atoms with van der Waals surface area (Å²) in [5.41, 5.74) is 2.56. The van der Waals surface area contributed by atoms with Gasteiger partial charge in [-0.2, -0.15) is 0 Å². The van der Waals surface area contributed by atoms with Crippen LogP contribution >= 0.6 is 0 Å². The van der Waals surface area contributed by atoms with Gasteiger partial charge in [0.1, 0.15) is 0 Å². The lowest BCUT2D eigenvalue weighted by atomic mass is 9.89. The maximum atomic E-state index is 12.6. The standard InChI is InChI=1S/C23H26N2O3/c1-27-21-8-4-5-9-22(21)28-15-12-23(26)25-13-10-17(11-14-25)19-16-24-20-7-3-2-6-18(19)20/h2-9,16-17,24H,10-15H2,1H3. The van der Waals surface area contributed by atoms with Crippen LogP contribution in [0.5, 0.6) is 11.5 Å². The number of para-hydroxylation sites is 3. The van der Waals surface area contributed by atoms with Crippen LogP contribution in [0.25, 0.3) is 10.9 Å². The van der Waals surface area contributed by atoms with Crippen LogP contribution in [0.2, 0.25) is 0 Å². The molecule has 1 aliphatic rings. The molecule has 1 saturated heterocycles. The molecule has 5 heteroatoms. The second kappa shape index (κ2) is 8.38. The normalized spacial score (nSPS) is 15.0. The molecule has 28 heavy (non-hydrogen) atoms.